The second-order valence-electron chi connectivity index (χ2n) is 7.20. The smallest absolute Gasteiger partial charge is 0.266 e. The highest BCUT2D eigenvalue weighted by Crippen LogP contribution is 2.47. The monoisotopic (exact) mass is 389 g/mol. The number of aryl methyl sites for hydroxylation is 1. The SMILES string of the molecule is CC[N+](CC)(CC)[C@@H]1c2ccccc2N(S(=O)(=O)c2ccc(C)cc2)[C@H]1O. The lowest BCUT2D eigenvalue weighted by Crippen LogP contribution is -2.55. The van der Waals surface area contributed by atoms with Gasteiger partial charge >= 0.3 is 0 Å². The Bertz CT molecular complexity index is 897. The average Bonchev–Trinajstić information content (AvgIpc) is 2.97. The van der Waals surface area contributed by atoms with Gasteiger partial charge in [-0.3, -0.25) is 0 Å². The van der Waals surface area contributed by atoms with Gasteiger partial charge in [-0.1, -0.05) is 35.9 Å². The van der Waals surface area contributed by atoms with Gasteiger partial charge in [-0.25, -0.2) is 12.7 Å². The molecule has 0 fully saturated rings. The predicted octanol–water partition coefficient (Wildman–Crippen LogP) is 3.44. The third kappa shape index (κ3) is 3.06. The number of sulfonamides is 1. The van der Waals surface area contributed by atoms with Gasteiger partial charge in [0.25, 0.3) is 10.0 Å². The van der Waals surface area contributed by atoms with Crippen molar-refractivity contribution < 1.29 is 18.0 Å². The first-order valence-electron chi connectivity index (χ1n) is 9.56. The number of anilines is 1. The molecule has 0 spiro atoms. The number of para-hydroxylation sites is 1. The Morgan fingerprint density at radius 2 is 1.52 bits per heavy atom. The molecule has 0 aromatic heterocycles. The largest absolute Gasteiger partial charge is 0.367 e. The second-order valence-corrected chi connectivity index (χ2v) is 9.01. The van der Waals surface area contributed by atoms with Crippen LogP contribution in [0.2, 0.25) is 0 Å². The normalized spacial score (nSPS) is 20.0. The molecule has 2 aromatic carbocycles. The number of quaternary nitrogens is 1. The maximum Gasteiger partial charge on any atom is 0.266 e. The van der Waals surface area contributed by atoms with E-state index in [9.17, 15) is 13.5 Å². The number of rotatable bonds is 6. The fourth-order valence-corrected chi connectivity index (χ4v) is 5.84. The summed E-state index contributed by atoms with van der Waals surface area (Å²) in [5.41, 5.74) is 2.47. The van der Waals surface area contributed by atoms with E-state index in [0.717, 1.165) is 30.8 Å². The van der Waals surface area contributed by atoms with Crippen LogP contribution in [-0.2, 0) is 10.0 Å². The lowest BCUT2D eigenvalue weighted by Gasteiger charge is -2.43. The van der Waals surface area contributed by atoms with E-state index in [1.54, 1.807) is 30.3 Å². The van der Waals surface area contributed by atoms with Crippen LogP contribution < -0.4 is 4.31 Å². The Hall–Kier alpha value is -1.89. The maximum absolute atomic E-state index is 13.4. The summed E-state index contributed by atoms with van der Waals surface area (Å²) in [6.45, 7) is 10.7. The molecule has 27 heavy (non-hydrogen) atoms. The number of likely N-dealkylation sites (N-methyl/N-ethyl adjacent to an activating group) is 1. The summed E-state index contributed by atoms with van der Waals surface area (Å²) in [5, 5.41) is 11.3. The minimum Gasteiger partial charge on any atom is -0.367 e. The van der Waals surface area contributed by atoms with E-state index < -0.39 is 16.3 Å². The van der Waals surface area contributed by atoms with E-state index >= 15 is 0 Å². The van der Waals surface area contributed by atoms with E-state index in [1.807, 2.05) is 25.1 Å². The molecule has 2 aromatic rings. The number of aliphatic hydroxyl groups excluding tert-OH is 1. The van der Waals surface area contributed by atoms with Gasteiger partial charge in [0.05, 0.1) is 30.2 Å². The average molecular weight is 390 g/mol. The van der Waals surface area contributed by atoms with Gasteiger partial charge in [-0.2, -0.15) is 0 Å². The summed E-state index contributed by atoms with van der Waals surface area (Å²) >= 11 is 0. The zero-order chi connectivity index (χ0) is 19.8. The minimum absolute atomic E-state index is 0.199. The van der Waals surface area contributed by atoms with Crippen LogP contribution in [0.25, 0.3) is 0 Å². The van der Waals surface area contributed by atoms with Crippen LogP contribution in [-0.4, -0.2) is 43.9 Å². The summed E-state index contributed by atoms with van der Waals surface area (Å²) in [7, 11) is -3.86. The highest BCUT2D eigenvalue weighted by molar-refractivity contribution is 7.92. The maximum atomic E-state index is 13.4. The van der Waals surface area contributed by atoms with Crippen molar-refractivity contribution in [1.29, 1.82) is 0 Å². The molecule has 0 radical (unpaired) electrons. The van der Waals surface area contributed by atoms with Crippen molar-refractivity contribution in [2.24, 2.45) is 0 Å². The number of nitrogens with zero attached hydrogens (tertiary/aromatic N) is 2. The molecule has 1 N–H and O–H groups in total. The quantitative estimate of drug-likeness (QED) is 0.770. The van der Waals surface area contributed by atoms with Gasteiger partial charge in [-0.05, 0) is 45.9 Å². The Morgan fingerprint density at radius 3 is 2.07 bits per heavy atom. The zero-order valence-electron chi connectivity index (χ0n) is 16.5. The third-order valence-electron chi connectivity index (χ3n) is 6.07. The molecular formula is C21H29N2O3S+. The van der Waals surface area contributed by atoms with Crippen molar-refractivity contribution in [3.63, 3.8) is 0 Å². The van der Waals surface area contributed by atoms with Gasteiger partial charge < -0.3 is 9.59 Å². The molecule has 2 atom stereocenters. The van der Waals surface area contributed by atoms with E-state index in [4.69, 9.17) is 0 Å². The lowest BCUT2D eigenvalue weighted by molar-refractivity contribution is -0.955. The van der Waals surface area contributed by atoms with Crippen molar-refractivity contribution in [2.45, 2.75) is 44.9 Å². The fourth-order valence-electron chi connectivity index (χ4n) is 4.30. The molecule has 1 aliphatic heterocycles. The Balaban J connectivity index is 2.17. The summed E-state index contributed by atoms with van der Waals surface area (Å²) in [4.78, 5) is 0.199. The minimum atomic E-state index is -3.86. The van der Waals surface area contributed by atoms with Crippen LogP contribution in [0.5, 0.6) is 0 Å². The number of benzene rings is 2. The van der Waals surface area contributed by atoms with Crippen molar-refractivity contribution in [2.75, 3.05) is 23.9 Å². The molecule has 0 saturated carbocycles. The third-order valence-corrected chi connectivity index (χ3v) is 7.87. The standard InChI is InChI=1S/C21H29N2O3S/c1-5-23(6-2,7-3)20-18-10-8-9-11-19(18)22(21(20)24)27(25,26)17-14-12-16(4)13-15-17/h8-15,20-21,24H,5-7H2,1-4H3/q+1/t20-,21+/m1/s1. The van der Waals surface area contributed by atoms with Crippen molar-refractivity contribution >= 4 is 15.7 Å². The molecule has 0 aliphatic carbocycles. The van der Waals surface area contributed by atoms with Crippen molar-refractivity contribution in [3.05, 3.63) is 59.7 Å². The van der Waals surface area contributed by atoms with Gasteiger partial charge in [-0.15, -0.1) is 0 Å². The Kier molecular flexibility index (Phi) is 5.34. The lowest BCUT2D eigenvalue weighted by atomic mass is 10.0. The summed E-state index contributed by atoms with van der Waals surface area (Å²) in [6, 6.07) is 13.9. The van der Waals surface area contributed by atoms with E-state index in [1.165, 1.54) is 4.31 Å². The first kappa shape index (κ1) is 19.9. The van der Waals surface area contributed by atoms with Crippen LogP contribution in [0.3, 0.4) is 0 Å². The number of aliphatic hydroxyl groups is 1. The van der Waals surface area contributed by atoms with Crippen LogP contribution in [0.15, 0.2) is 53.4 Å². The summed E-state index contributed by atoms with van der Waals surface area (Å²) < 4.78 is 28.7. The van der Waals surface area contributed by atoms with Gasteiger partial charge in [0, 0.05) is 5.56 Å². The van der Waals surface area contributed by atoms with Crippen LogP contribution in [0, 0.1) is 6.92 Å². The number of hydrogen-bond donors (Lipinski definition) is 1. The topological polar surface area (TPSA) is 57.6 Å². The second kappa shape index (κ2) is 7.26. The van der Waals surface area contributed by atoms with Crippen molar-refractivity contribution in [1.82, 2.24) is 0 Å². The molecule has 1 heterocycles. The fraction of sp³-hybridized carbons (Fsp3) is 0.429. The molecule has 6 heteroatoms. The molecule has 0 amide bonds. The van der Waals surface area contributed by atoms with Crippen molar-refractivity contribution in [3.8, 4) is 0 Å². The summed E-state index contributed by atoms with van der Waals surface area (Å²) in [5.74, 6) is 0. The van der Waals surface area contributed by atoms with Gasteiger partial charge in [0.15, 0.2) is 12.3 Å². The highest BCUT2D eigenvalue weighted by Gasteiger charge is 2.52. The van der Waals surface area contributed by atoms with E-state index in [-0.39, 0.29) is 10.9 Å². The summed E-state index contributed by atoms with van der Waals surface area (Å²) in [6.07, 6.45) is -1.13. The first-order chi connectivity index (χ1) is 12.8. The zero-order valence-corrected chi connectivity index (χ0v) is 17.3. The first-order valence-corrected chi connectivity index (χ1v) is 11.0. The van der Waals surface area contributed by atoms with E-state index in [0.29, 0.717) is 10.2 Å². The van der Waals surface area contributed by atoms with Gasteiger partial charge in [0.2, 0.25) is 0 Å². The molecular weight excluding hydrogens is 360 g/mol. The molecule has 1 aliphatic rings. The number of fused-ring (bicyclic) bond motifs is 1. The highest BCUT2D eigenvalue weighted by atomic mass is 32.2. The molecule has 3 rings (SSSR count). The Morgan fingerprint density at radius 1 is 0.963 bits per heavy atom. The molecule has 146 valence electrons. The molecule has 0 saturated heterocycles. The van der Waals surface area contributed by atoms with E-state index in [2.05, 4.69) is 20.8 Å². The van der Waals surface area contributed by atoms with Crippen LogP contribution in [0.1, 0.15) is 37.9 Å². The van der Waals surface area contributed by atoms with Gasteiger partial charge in [0.1, 0.15) is 0 Å². The predicted molar refractivity (Wildman–Crippen MR) is 108 cm³/mol. The molecule has 0 unspecified atom stereocenters. The molecule has 5 nitrogen and oxygen atoms in total. The molecule has 0 bridgehead atoms. The number of hydrogen-bond acceptors (Lipinski definition) is 3. The van der Waals surface area contributed by atoms with Crippen LogP contribution in [0.4, 0.5) is 5.69 Å². The van der Waals surface area contributed by atoms with Crippen LogP contribution >= 0.6 is 0 Å². The Labute approximate surface area is 162 Å².